The smallest absolute Gasteiger partial charge is 0.288 e. The van der Waals surface area contributed by atoms with Gasteiger partial charge in [0.1, 0.15) is 17.6 Å². The average Bonchev–Trinajstić information content (AvgIpc) is 2.87. The second-order valence-electron chi connectivity index (χ2n) is 8.18. The number of anilines is 1. The van der Waals surface area contributed by atoms with E-state index < -0.39 is 17.9 Å². The van der Waals surface area contributed by atoms with E-state index in [1.807, 2.05) is 20.8 Å². The molecule has 2 amide bonds. The molecule has 10 nitrogen and oxygen atoms in total. The molecule has 2 aromatic carbocycles. The lowest BCUT2D eigenvalue weighted by Crippen LogP contribution is -2.45. The Bertz CT molecular complexity index is 1250. The minimum atomic E-state index is -0.923. The number of halogens is 1. The normalized spacial score (nSPS) is 11.4. The summed E-state index contributed by atoms with van der Waals surface area (Å²) in [5.74, 6) is -0.113. The lowest BCUT2D eigenvalue weighted by molar-refractivity contribution is -0.122. The number of hydrogen-bond donors (Lipinski definition) is 5. The molecule has 1 unspecified atom stereocenters. The highest BCUT2D eigenvalue weighted by Gasteiger charge is 2.24. The van der Waals surface area contributed by atoms with Crippen LogP contribution in [0, 0.1) is 5.41 Å². The van der Waals surface area contributed by atoms with Crippen LogP contribution in [0.3, 0.4) is 0 Å². The lowest BCUT2D eigenvalue weighted by atomic mass is 10.0. The van der Waals surface area contributed by atoms with Crippen LogP contribution in [-0.2, 0) is 4.79 Å². The molecule has 1 atom stereocenters. The Hall–Kier alpha value is -4.12. The molecule has 0 aliphatic heterocycles. The first-order valence-corrected chi connectivity index (χ1v) is 12.3. The zero-order valence-electron chi connectivity index (χ0n) is 20.7. The molecule has 6 N–H and O–H groups in total. The van der Waals surface area contributed by atoms with Gasteiger partial charge in [0.2, 0.25) is 0 Å². The predicted octanol–water partition coefficient (Wildman–Crippen LogP) is 3.93. The number of nitrogens with two attached hydrogens (primary N) is 1. The topological polar surface area (TPSA) is 151 Å². The minimum Gasteiger partial charge on any atom is -0.490 e. The van der Waals surface area contributed by atoms with Gasteiger partial charge in [0.15, 0.2) is 11.5 Å². The summed E-state index contributed by atoms with van der Waals surface area (Å²) in [6, 6.07) is 14.3. The van der Waals surface area contributed by atoms with E-state index in [1.165, 1.54) is 12.3 Å². The van der Waals surface area contributed by atoms with Gasteiger partial charge in [-0.2, -0.15) is 0 Å². The van der Waals surface area contributed by atoms with E-state index in [0.717, 1.165) is 4.47 Å². The highest BCUT2D eigenvalue weighted by Crippen LogP contribution is 2.32. The second kappa shape index (κ2) is 12.7. The fourth-order valence-electron chi connectivity index (χ4n) is 3.30. The number of hydrogen-bond acceptors (Lipinski definition) is 7. The second-order valence-corrected chi connectivity index (χ2v) is 9.09. The molecule has 11 heteroatoms. The lowest BCUT2D eigenvalue weighted by Gasteiger charge is -2.22. The maximum atomic E-state index is 13.3. The third-order valence-corrected chi connectivity index (χ3v) is 5.46. The quantitative estimate of drug-likeness (QED) is 0.141. The predicted molar refractivity (Wildman–Crippen MR) is 145 cm³/mol. The number of pyridine rings is 1. The Morgan fingerprint density at radius 2 is 1.78 bits per heavy atom. The van der Waals surface area contributed by atoms with Gasteiger partial charge in [-0.25, -0.2) is 4.98 Å². The molecule has 1 heterocycles. The van der Waals surface area contributed by atoms with Gasteiger partial charge < -0.3 is 20.5 Å². The standard InChI is InChI=1S/C26H29BrN6O4/c1-4-36-22-13-17(7-12-21(22)37-15(2)3)23(31-19-9-5-16(6-10-19)24(28)29)26(35)33-32-25(34)20-11-8-18(27)14-30-20/h5-15,23,31H,4H2,1-3H3,(H3,28,29)(H,32,34)(H,33,35). The van der Waals surface area contributed by atoms with Gasteiger partial charge in [-0.15, -0.1) is 0 Å². The van der Waals surface area contributed by atoms with Crippen LogP contribution in [0.1, 0.15) is 48.4 Å². The summed E-state index contributed by atoms with van der Waals surface area (Å²) >= 11 is 3.27. The summed E-state index contributed by atoms with van der Waals surface area (Å²) in [7, 11) is 0. The molecular weight excluding hydrogens is 540 g/mol. The van der Waals surface area contributed by atoms with Crippen molar-refractivity contribution < 1.29 is 19.1 Å². The first-order chi connectivity index (χ1) is 17.7. The van der Waals surface area contributed by atoms with Gasteiger partial charge in [0.05, 0.1) is 12.7 Å². The molecule has 37 heavy (non-hydrogen) atoms. The molecule has 0 radical (unpaired) electrons. The average molecular weight is 569 g/mol. The van der Waals surface area contributed by atoms with E-state index in [0.29, 0.717) is 34.9 Å². The summed E-state index contributed by atoms with van der Waals surface area (Å²) in [5, 5.41) is 10.7. The number of amides is 2. The Morgan fingerprint density at radius 3 is 2.38 bits per heavy atom. The molecule has 0 bridgehead atoms. The first kappa shape index (κ1) is 27.5. The number of carbonyl (C=O) groups is 2. The number of aromatic nitrogens is 1. The SMILES string of the molecule is CCOc1cc(C(Nc2ccc(C(=N)N)cc2)C(=O)NNC(=O)c2ccc(Br)cn2)ccc1OC(C)C. The number of nitrogen functional groups attached to an aromatic ring is 1. The third kappa shape index (κ3) is 7.68. The first-order valence-electron chi connectivity index (χ1n) is 11.5. The van der Waals surface area contributed by atoms with Crippen LogP contribution in [0.25, 0.3) is 0 Å². The van der Waals surface area contributed by atoms with Crippen molar-refractivity contribution >= 4 is 39.3 Å². The van der Waals surface area contributed by atoms with Crippen LogP contribution in [0.5, 0.6) is 11.5 Å². The van der Waals surface area contributed by atoms with Crippen LogP contribution in [0.15, 0.2) is 65.3 Å². The number of hydrazine groups is 1. The number of carbonyl (C=O) groups excluding carboxylic acids is 2. The van der Waals surface area contributed by atoms with Gasteiger partial charge in [-0.1, -0.05) is 6.07 Å². The van der Waals surface area contributed by atoms with Crippen molar-refractivity contribution in [3.05, 3.63) is 82.1 Å². The monoisotopic (exact) mass is 568 g/mol. The number of ether oxygens (including phenoxy) is 2. The molecule has 194 valence electrons. The fraction of sp³-hybridized carbons (Fsp3) is 0.231. The van der Waals surface area contributed by atoms with Crippen molar-refractivity contribution in [2.45, 2.75) is 32.9 Å². The molecule has 0 fully saturated rings. The summed E-state index contributed by atoms with van der Waals surface area (Å²) in [6.07, 6.45) is 1.42. The molecule has 0 saturated carbocycles. The van der Waals surface area contributed by atoms with Crippen molar-refractivity contribution in [3.8, 4) is 11.5 Å². The van der Waals surface area contributed by atoms with Crippen molar-refractivity contribution in [1.82, 2.24) is 15.8 Å². The molecule has 1 aromatic heterocycles. The van der Waals surface area contributed by atoms with E-state index in [9.17, 15) is 9.59 Å². The van der Waals surface area contributed by atoms with Gasteiger partial charge >= 0.3 is 0 Å². The van der Waals surface area contributed by atoms with E-state index in [2.05, 4.69) is 37.1 Å². The Labute approximate surface area is 223 Å². The zero-order chi connectivity index (χ0) is 26.9. The van der Waals surface area contributed by atoms with Crippen molar-refractivity contribution in [2.75, 3.05) is 11.9 Å². The summed E-state index contributed by atoms with van der Waals surface area (Å²) in [6.45, 7) is 6.09. The van der Waals surface area contributed by atoms with Crippen LogP contribution in [0.4, 0.5) is 5.69 Å². The van der Waals surface area contributed by atoms with E-state index in [4.69, 9.17) is 20.6 Å². The van der Waals surface area contributed by atoms with Crippen molar-refractivity contribution in [1.29, 1.82) is 5.41 Å². The minimum absolute atomic E-state index is 0.0628. The molecular formula is C26H29BrN6O4. The van der Waals surface area contributed by atoms with Gasteiger partial charge in [0, 0.05) is 21.9 Å². The number of benzene rings is 2. The molecule has 0 aliphatic carbocycles. The van der Waals surface area contributed by atoms with E-state index >= 15 is 0 Å². The van der Waals surface area contributed by atoms with E-state index in [-0.39, 0.29) is 17.6 Å². The largest absolute Gasteiger partial charge is 0.490 e. The fourth-order valence-corrected chi connectivity index (χ4v) is 3.54. The highest BCUT2D eigenvalue weighted by molar-refractivity contribution is 9.10. The number of nitrogens with one attached hydrogen (secondary N) is 4. The Balaban J connectivity index is 1.88. The van der Waals surface area contributed by atoms with Gasteiger partial charge in [0.25, 0.3) is 11.8 Å². The van der Waals surface area contributed by atoms with Crippen LogP contribution < -0.4 is 31.4 Å². The third-order valence-electron chi connectivity index (χ3n) is 4.99. The van der Waals surface area contributed by atoms with Gasteiger partial charge in [-0.3, -0.25) is 25.8 Å². The molecule has 0 saturated heterocycles. The van der Waals surface area contributed by atoms with Crippen LogP contribution >= 0.6 is 15.9 Å². The maximum Gasteiger partial charge on any atom is 0.288 e. The zero-order valence-corrected chi connectivity index (χ0v) is 22.3. The molecule has 3 aromatic rings. The number of amidine groups is 1. The summed E-state index contributed by atoms with van der Waals surface area (Å²) in [4.78, 5) is 29.8. The van der Waals surface area contributed by atoms with Crippen LogP contribution in [-0.4, -0.2) is 35.3 Å². The summed E-state index contributed by atoms with van der Waals surface area (Å²) in [5.41, 5.74) is 12.3. The van der Waals surface area contributed by atoms with Gasteiger partial charge in [-0.05, 0) is 90.8 Å². The maximum absolute atomic E-state index is 13.3. The van der Waals surface area contributed by atoms with E-state index in [1.54, 1.807) is 48.5 Å². The highest BCUT2D eigenvalue weighted by atomic mass is 79.9. The van der Waals surface area contributed by atoms with Crippen LogP contribution in [0.2, 0.25) is 0 Å². The number of rotatable bonds is 10. The van der Waals surface area contributed by atoms with Crippen molar-refractivity contribution in [3.63, 3.8) is 0 Å². The Kier molecular flexibility index (Phi) is 9.45. The van der Waals surface area contributed by atoms with Crippen molar-refractivity contribution in [2.24, 2.45) is 5.73 Å². The summed E-state index contributed by atoms with van der Waals surface area (Å²) < 4.78 is 12.3. The molecule has 0 spiro atoms. The molecule has 3 rings (SSSR count). The molecule has 0 aliphatic rings. The number of nitrogens with zero attached hydrogens (tertiary/aromatic N) is 1. The Morgan fingerprint density at radius 1 is 1.05 bits per heavy atom.